The zero-order chi connectivity index (χ0) is 20.5. The maximum atomic E-state index is 13.0. The molecule has 0 aliphatic carbocycles. The number of nitrogens with zero attached hydrogens (tertiary/aromatic N) is 1. The quantitative estimate of drug-likeness (QED) is 0.640. The Bertz CT molecular complexity index is 994. The van der Waals surface area contributed by atoms with Gasteiger partial charge in [0, 0.05) is 33.8 Å². The number of hydrogen-bond donors (Lipinski definition) is 1. The SMILES string of the molecule is O=C(Nc1cc(Cl)cc(Cl)c1)[C@@H]1CCCN(S(=O)(=O)c2cc(Cl)ccc2Cl)C1. The molecule has 3 rings (SSSR count). The number of piperidine rings is 1. The molecule has 5 nitrogen and oxygen atoms in total. The first-order valence-corrected chi connectivity index (χ1v) is 11.3. The van der Waals surface area contributed by atoms with Gasteiger partial charge < -0.3 is 5.32 Å². The number of nitrogens with one attached hydrogen (secondary N) is 1. The predicted molar refractivity (Wildman–Crippen MR) is 113 cm³/mol. The van der Waals surface area contributed by atoms with Crippen LogP contribution in [0.1, 0.15) is 12.8 Å². The molecular formula is C18H16Cl4N2O3S. The van der Waals surface area contributed by atoms with Crippen LogP contribution in [0.5, 0.6) is 0 Å². The van der Waals surface area contributed by atoms with Crippen LogP contribution in [0.3, 0.4) is 0 Å². The van der Waals surface area contributed by atoms with Crippen molar-refractivity contribution in [3.05, 3.63) is 56.5 Å². The van der Waals surface area contributed by atoms with Gasteiger partial charge in [-0.3, -0.25) is 4.79 Å². The molecule has 28 heavy (non-hydrogen) atoms. The number of hydrogen-bond acceptors (Lipinski definition) is 3. The van der Waals surface area contributed by atoms with Crippen molar-refractivity contribution < 1.29 is 13.2 Å². The van der Waals surface area contributed by atoms with E-state index in [0.29, 0.717) is 35.1 Å². The smallest absolute Gasteiger partial charge is 0.244 e. The van der Waals surface area contributed by atoms with Gasteiger partial charge >= 0.3 is 0 Å². The number of sulfonamides is 1. The van der Waals surface area contributed by atoms with Crippen LogP contribution < -0.4 is 5.32 Å². The summed E-state index contributed by atoms with van der Waals surface area (Å²) in [6.07, 6.45) is 1.11. The first-order valence-electron chi connectivity index (χ1n) is 8.39. The molecule has 1 amide bonds. The van der Waals surface area contributed by atoms with E-state index in [1.807, 2.05) is 0 Å². The van der Waals surface area contributed by atoms with E-state index >= 15 is 0 Å². The van der Waals surface area contributed by atoms with Gasteiger partial charge in [0.25, 0.3) is 0 Å². The lowest BCUT2D eigenvalue weighted by Crippen LogP contribution is -2.43. The molecule has 1 aliphatic rings. The van der Waals surface area contributed by atoms with Crippen molar-refractivity contribution in [3.8, 4) is 0 Å². The molecule has 1 heterocycles. The van der Waals surface area contributed by atoms with Crippen molar-refractivity contribution in [2.24, 2.45) is 5.92 Å². The lowest BCUT2D eigenvalue weighted by molar-refractivity contribution is -0.120. The van der Waals surface area contributed by atoms with Crippen molar-refractivity contribution in [1.29, 1.82) is 0 Å². The van der Waals surface area contributed by atoms with Gasteiger partial charge in [0.1, 0.15) is 4.90 Å². The minimum Gasteiger partial charge on any atom is -0.326 e. The molecule has 1 saturated heterocycles. The normalized spacial score (nSPS) is 18.1. The van der Waals surface area contributed by atoms with Crippen molar-refractivity contribution in [2.45, 2.75) is 17.7 Å². The molecule has 2 aromatic rings. The molecule has 1 atom stereocenters. The highest BCUT2D eigenvalue weighted by atomic mass is 35.5. The van der Waals surface area contributed by atoms with E-state index in [2.05, 4.69) is 5.32 Å². The van der Waals surface area contributed by atoms with Gasteiger partial charge in [-0.25, -0.2) is 8.42 Å². The Labute approximate surface area is 183 Å². The van der Waals surface area contributed by atoms with Gasteiger partial charge in [-0.2, -0.15) is 4.31 Å². The largest absolute Gasteiger partial charge is 0.326 e. The van der Waals surface area contributed by atoms with Crippen molar-refractivity contribution >= 4 is 68.0 Å². The van der Waals surface area contributed by atoms with Gasteiger partial charge in [-0.1, -0.05) is 46.4 Å². The summed E-state index contributed by atoms with van der Waals surface area (Å²) in [7, 11) is -3.87. The van der Waals surface area contributed by atoms with Crippen molar-refractivity contribution in [2.75, 3.05) is 18.4 Å². The summed E-state index contributed by atoms with van der Waals surface area (Å²) in [4.78, 5) is 12.6. The summed E-state index contributed by atoms with van der Waals surface area (Å²) in [5, 5.41) is 3.90. The fourth-order valence-electron chi connectivity index (χ4n) is 3.06. The molecule has 1 fully saturated rings. The first-order chi connectivity index (χ1) is 13.2. The second kappa shape index (κ2) is 8.78. The Morgan fingerprint density at radius 2 is 1.68 bits per heavy atom. The van der Waals surface area contributed by atoms with E-state index in [9.17, 15) is 13.2 Å². The van der Waals surface area contributed by atoms with Crippen LogP contribution >= 0.6 is 46.4 Å². The molecule has 0 unspecified atom stereocenters. The Hall–Kier alpha value is -1.02. The molecule has 10 heteroatoms. The van der Waals surface area contributed by atoms with Gasteiger partial charge in [0.15, 0.2) is 0 Å². The number of carbonyl (C=O) groups excluding carboxylic acids is 1. The Balaban J connectivity index is 1.77. The molecule has 0 radical (unpaired) electrons. The predicted octanol–water partition coefficient (Wildman–Crippen LogP) is 5.34. The number of benzene rings is 2. The van der Waals surface area contributed by atoms with Gasteiger partial charge in [0.05, 0.1) is 10.9 Å². The molecule has 0 spiro atoms. The van der Waals surface area contributed by atoms with E-state index in [0.717, 1.165) is 0 Å². The first kappa shape index (κ1) is 21.7. The Morgan fingerprint density at radius 1 is 1.00 bits per heavy atom. The van der Waals surface area contributed by atoms with Crippen LogP contribution in [0.25, 0.3) is 0 Å². The zero-order valence-corrected chi connectivity index (χ0v) is 18.3. The second-order valence-electron chi connectivity index (χ2n) is 6.42. The highest BCUT2D eigenvalue weighted by Gasteiger charge is 2.34. The zero-order valence-electron chi connectivity index (χ0n) is 14.5. The standard InChI is InChI=1S/C18H16Cl4N2O3S/c19-12-3-4-16(22)17(9-12)28(26,27)24-5-1-2-11(10-24)18(25)23-15-7-13(20)6-14(21)8-15/h3-4,6-9,11H,1-2,5,10H2,(H,23,25)/t11-/m1/s1. The third-order valence-corrected chi connectivity index (χ3v) is 7.41. The summed E-state index contributed by atoms with van der Waals surface area (Å²) in [6, 6.07) is 8.99. The van der Waals surface area contributed by atoms with Crippen LogP contribution in [0, 0.1) is 5.92 Å². The summed E-state index contributed by atoms with van der Waals surface area (Å²) in [6.45, 7) is 0.350. The third kappa shape index (κ3) is 4.93. The molecule has 1 N–H and O–H groups in total. The number of rotatable bonds is 4. The van der Waals surface area contributed by atoms with Crippen LogP contribution in [-0.4, -0.2) is 31.7 Å². The molecular weight excluding hydrogens is 466 g/mol. The molecule has 2 aromatic carbocycles. The second-order valence-corrected chi connectivity index (χ2v) is 10.0. The van der Waals surface area contributed by atoms with Gasteiger partial charge in [0.2, 0.25) is 15.9 Å². The fourth-order valence-corrected chi connectivity index (χ4v) is 5.85. The summed E-state index contributed by atoms with van der Waals surface area (Å²) in [5.41, 5.74) is 0.459. The summed E-state index contributed by atoms with van der Waals surface area (Å²) < 4.78 is 27.3. The lowest BCUT2D eigenvalue weighted by Gasteiger charge is -2.31. The van der Waals surface area contributed by atoms with E-state index in [-0.39, 0.29) is 27.4 Å². The van der Waals surface area contributed by atoms with Crippen molar-refractivity contribution in [3.63, 3.8) is 0 Å². The van der Waals surface area contributed by atoms with E-state index in [1.54, 1.807) is 18.2 Å². The molecule has 0 saturated carbocycles. The highest BCUT2D eigenvalue weighted by molar-refractivity contribution is 7.89. The maximum absolute atomic E-state index is 13.0. The van der Waals surface area contributed by atoms with Crippen LogP contribution in [0.4, 0.5) is 5.69 Å². The highest BCUT2D eigenvalue weighted by Crippen LogP contribution is 2.31. The fraction of sp³-hybridized carbons (Fsp3) is 0.278. The summed E-state index contributed by atoms with van der Waals surface area (Å²) >= 11 is 23.9. The number of amides is 1. The van der Waals surface area contributed by atoms with Crippen molar-refractivity contribution in [1.82, 2.24) is 4.31 Å². The van der Waals surface area contributed by atoms with Crippen LogP contribution in [-0.2, 0) is 14.8 Å². The summed E-state index contributed by atoms with van der Waals surface area (Å²) in [5.74, 6) is -0.810. The molecule has 0 aromatic heterocycles. The van der Waals surface area contributed by atoms with E-state index < -0.39 is 15.9 Å². The maximum Gasteiger partial charge on any atom is 0.244 e. The van der Waals surface area contributed by atoms with Crippen LogP contribution in [0.2, 0.25) is 20.1 Å². The third-order valence-electron chi connectivity index (χ3n) is 4.40. The Morgan fingerprint density at radius 3 is 2.36 bits per heavy atom. The van der Waals surface area contributed by atoms with E-state index in [4.69, 9.17) is 46.4 Å². The number of carbonyl (C=O) groups is 1. The van der Waals surface area contributed by atoms with Crippen LogP contribution in [0.15, 0.2) is 41.3 Å². The molecule has 0 bridgehead atoms. The minimum atomic E-state index is -3.87. The average Bonchev–Trinajstić information content (AvgIpc) is 2.63. The number of halogens is 4. The lowest BCUT2D eigenvalue weighted by atomic mass is 9.99. The monoisotopic (exact) mass is 480 g/mol. The minimum absolute atomic E-state index is 0.0469. The molecule has 1 aliphatic heterocycles. The molecule has 150 valence electrons. The number of anilines is 1. The topological polar surface area (TPSA) is 66.5 Å². The Kier molecular flexibility index (Phi) is 6.80. The average molecular weight is 482 g/mol. The van der Waals surface area contributed by atoms with Gasteiger partial charge in [-0.05, 0) is 49.2 Å². The van der Waals surface area contributed by atoms with E-state index in [1.165, 1.54) is 22.5 Å². The van der Waals surface area contributed by atoms with Gasteiger partial charge in [-0.15, -0.1) is 0 Å².